The summed E-state index contributed by atoms with van der Waals surface area (Å²) >= 11 is 0. The summed E-state index contributed by atoms with van der Waals surface area (Å²) in [5, 5.41) is 13.9. The molecule has 1 unspecified atom stereocenters. The van der Waals surface area contributed by atoms with Crippen LogP contribution in [-0.4, -0.2) is 11.0 Å². The summed E-state index contributed by atoms with van der Waals surface area (Å²) in [6, 6.07) is 6.99. The molecule has 0 aliphatic rings. The summed E-state index contributed by atoms with van der Waals surface area (Å²) in [4.78, 5) is 10.2. The molecule has 88 valence electrons. The van der Waals surface area contributed by atoms with Crippen LogP contribution in [0, 0.1) is 16.0 Å². The first kappa shape index (κ1) is 12.5. The molecule has 0 aliphatic heterocycles. The zero-order valence-electron chi connectivity index (χ0n) is 9.93. The van der Waals surface area contributed by atoms with E-state index in [4.69, 9.17) is 0 Å². The van der Waals surface area contributed by atoms with Crippen LogP contribution < -0.4 is 5.32 Å². The highest BCUT2D eigenvalue weighted by molar-refractivity contribution is 5.51. The van der Waals surface area contributed by atoms with E-state index in [2.05, 4.69) is 26.1 Å². The number of anilines is 1. The van der Waals surface area contributed by atoms with Crippen LogP contribution in [0.1, 0.15) is 27.2 Å². The second-order valence-electron chi connectivity index (χ2n) is 4.21. The number of nitrogens with zero attached hydrogens (tertiary/aromatic N) is 1. The number of benzene rings is 1. The zero-order valence-corrected chi connectivity index (χ0v) is 9.93. The summed E-state index contributed by atoms with van der Waals surface area (Å²) in [5.74, 6) is 0.504. The number of nitro groups is 1. The maximum atomic E-state index is 10.6. The van der Waals surface area contributed by atoms with Crippen molar-refractivity contribution in [2.45, 2.75) is 33.2 Å². The van der Waals surface area contributed by atoms with Crippen molar-refractivity contribution in [3.05, 3.63) is 34.4 Å². The maximum Gasteiger partial charge on any atom is 0.271 e. The van der Waals surface area contributed by atoms with Gasteiger partial charge in [-0.1, -0.05) is 26.8 Å². The summed E-state index contributed by atoms with van der Waals surface area (Å²) in [6.07, 6.45) is 1.00. The highest BCUT2D eigenvalue weighted by atomic mass is 16.6. The molecule has 0 bridgehead atoms. The number of non-ortho nitro benzene ring substituents is 1. The lowest BCUT2D eigenvalue weighted by atomic mass is 10.0. The SMILES string of the molecule is CCC(Nc1cccc([N+](=O)[O-])c1)C(C)C. The van der Waals surface area contributed by atoms with Gasteiger partial charge in [0.05, 0.1) is 4.92 Å². The van der Waals surface area contributed by atoms with Crippen LogP contribution in [0.4, 0.5) is 11.4 Å². The fraction of sp³-hybridized carbons (Fsp3) is 0.500. The van der Waals surface area contributed by atoms with Crippen molar-refractivity contribution in [3.8, 4) is 0 Å². The van der Waals surface area contributed by atoms with Crippen molar-refractivity contribution < 1.29 is 4.92 Å². The van der Waals surface area contributed by atoms with Gasteiger partial charge in [-0.2, -0.15) is 0 Å². The quantitative estimate of drug-likeness (QED) is 0.613. The van der Waals surface area contributed by atoms with E-state index in [1.54, 1.807) is 12.1 Å². The Hall–Kier alpha value is -1.58. The van der Waals surface area contributed by atoms with E-state index in [0.717, 1.165) is 12.1 Å². The van der Waals surface area contributed by atoms with Crippen molar-refractivity contribution in [2.24, 2.45) is 5.92 Å². The second kappa shape index (κ2) is 5.49. The predicted octanol–water partition coefficient (Wildman–Crippen LogP) is 3.44. The molecule has 1 rings (SSSR count). The Morgan fingerprint density at radius 2 is 2.12 bits per heavy atom. The standard InChI is InChI=1S/C12H18N2O2/c1-4-12(9(2)3)13-10-6-5-7-11(8-10)14(15)16/h5-9,12-13H,4H2,1-3H3. The Balaban J connectivity index is 2.80. The van der Waals surface area contributed by atoms with Crippen LogP contribution in [0.25, 0.3) is 0 Å². The van der Waals surface area contributed by atoms with Crippen LogP contribution in [-0.2, 0) is 0 Å². The minimum atomic E-state index is -0.374. The first-order valence-corrected chi connectivity index (χ1v) is 5.55. The van der Waals surface area contributed by atoms with Gasteiger partial charge in [0, 0.05) is 23.9 Å². The normalized spacial score (nSPS) is 12.5. The van der Waals surface area contributed by atoms with Gasteiger partial charge in [-0.05, 0) is 18.4 Å². The zero-order chi connectivity index (χ0) is 12.1. The van der Waals surface area contributed by atoms with Crippen molar-refractivity contribution in [2.75, 3.05) is 5.32 Å². The molecule has 4 nitrogen and oxygen atoms in total. The van der Waals surface area contributed by atoms with E-state index in [-0.39, 0.29) is 10.6 Å². The molecule has 16 heavy (non-hydrogen) atoms. The molecule has 1 aromatic carbocycles. The van der Waals surface area contributed by atoms with Gasteiger partial charge in [0.1, 0.15) is 0 Å². The lowest BCUT2D eigenvalue weighted by molar-refractivity contribution is -0.384. The molecular formula is C12H18N2O2. The molecule has 0 saturated carbocycles. The van der Waals surface area contributed by atoms with Gasteiger partial charge in [-0.15, -0.1) is 0 Å². The number of nitrogens with one attached hydrogen (secondary N) is 1. The molecule has 0 saturated heterocycles. The third-order valence-corrected chi connectivity index (χ3v) is 2.65. The molecule has 1 atom stereocenters. The molecule has 0 fully saturated rings. The van der Waals surface area contributed by atoms with E-state index in [1.807, 2.05) is 6.07 Å². The van der Waals surface area contributed by atoms with Crippen LogP contribution in [0.3, 0.4) is 0 Å². The Labute approximate surface area is 95.8 Å². The summed E-state index contributed by atoms with van der Waals surface area (Å²) in [5.41, 5.74) is 0.943. The smallest absolute Gasteiger partial charge is 0.271 e. The topological polar surface area (TPSA) is 55.2 Å². The largest absolute Gasteiger partial charge is 0.382 e. The van der Waals surface area contributed by atoms with E-state index < -0.39 is 0 Å². The van der Waals surface area contributed by atoms with E-state index in [1.165, 1.54) is 6.07 Å². The van der Waals surface area contributed by atoms with Crippen LogP contribution in [0.5, 0.6) is 0 Å². The Kier molecular flexibility index (Phi) is 4.28. The maximum absolute atomic E-state index is 10.6. The molecule has 0 aromatic heterocycles. The van der Waals surface area contributed by atoms with E-state index in [9.17, 15) is 10.1 Å². The minimum absolute atomic E-state index is 0.128. The fourth-order valence-electron chi connectivity index (χ4n) is 1.66. The first-order valence-electron chi connectivity index (χ1n) is 5.55. The summed E-state index contributed by atoms with van der Waals surface area (Å²) in [6.45, 7) is 6.38. The summed E-state index contributed by atoms with van der Waals surface area (Å²) in [7, 11) is 0. The van der Waals surface area contributed by atoms with Gasteiger partial charge in [0.2, 0.25) is 0 Å². The number of rotatable bonds is 5. The Morgan fingerprint density at radius 1 is 1.44 bits per heavy atom. The molecule has 0 radical (unpaired) electrons. The minimum Gasteiger partial charge on any atom is -0.382 e. The van der Waals surface area contributed by atoms with Gasteiger partial charge in [-0.25, -0.2) is 0 Å². The predicted molar refractivity (Wildman–Crippen MR) is 65.6 cm³/mol. The van der Waals surface area contributed by atoms with Crippen molar-refractivity contribution in [1.29, 1.82) is 0 Å². The highest BCUT2D eigenvalue weighted by Crippen LogP contribution is 2.20. The molecule has 0 spiro atoms. The fourth-order valence-corrected chi connectivity index (χ4v) is 1.66. The molecule has 0 heterocycles. The molecule has 1 aromatic rings. The van der Waals surface area contributed by atoms with Crippen LogP contribution in [0.15, 0.2) is 24.3 Å². The highest BCUT2D eigenvalue weighted by Gasteiger charge is 2.12. The van der Waals surface area contributed by atoms with Gasteiger partial charge >= 0.3 is 0 Å². The lowest BCUT2D eigenvalue weighted by Gasteiger charge is -2.21. The lowest BCUT2D eigenvalue weighted by Crippen LogP contribution is -2.24. The third kappa shape index (κ3) is 3.22. The first-order chi connectivity index (χ1) is 7.54. The van der Waals surface area contributed by atoms with Crippen LogP contribution in [0.2, 0.25) is 0 Å². The van der Waals surface area contributed by atoms with E-state index in [0.29, 0.717) is 12.0 Å². The molecule has 4 heteroatoms. The molecule has 0 aliphatic carbocycles. The Morgan fingerprint density at radius 3 is 2.62 bits per heavy atom. The monoisotopic (exact) mass is 222 g/mol. The number of nitro benzene ring substituents is 1. The third-order valence-electron chi connectivity index (χ3n) is 2.65. The summed E-state index contributed by atoms with van der Waals surface area (Å²) < 4.78 is 0. The van der Waals surface area contributed by atoms with Gasteiger partial charge in [-0.3, -0.25) is 10.1 Å². The molecule has 0 amide bonds. The van der Waals surface area contributed by atoms with Gasteiger partial charge < -0.3 is 5.32 Å². The van der Waals surface area contributed by atoms with E-state index >= 15 is 0 Å². The second-order valence-corrected chi connectivity index (χ2v) is 4.21. The number of hydrogen-bond acceptors (Lipinski definition) is 3. The van der Waals surface area contributed by atoms with Crippen molar-refractivity contribution >= 4 is 11.4 Å². The average molecular weight is 222 g/mol. The molecular weight excluding hydrogens is 204 g/mol. The number of hydrogen-bond donors (Lipinski definition) is 1. The Bertz CT molecular complexity index is 364. The van der Waals surface area contributed by atoms with Gasteiger partial charge in [0.25, 0.3) is 5.69 Å². The van der Waals surface area contributed by atoms with Crippen molar-refractivity contribution in [3.63, 3.8) is 0 Å². The molecule has 1 N–H and O–H groups in total. The van der Waals surface area contributed by atoms with Crippen molar-refractivity contribution in [1.82, 2.24) is 0 Å². The average Bonchev–Trinajstić information content (AvgIpc) is 2.25. The van der Waals surface area contributed by atoms with Gasteiger partial charge in [0.15, 0.2) is 0 Å². The van der Waals surface area contributed by atoms with Crippen LogP contribution >= 0.6 is 0 Å².